The van der Waals surface area contributed by atoms with E-state index in [-0.39, 0.29) is 12.0 Å². The molecule has 0 radical (unpaired) electrons. The Kier molecular flexibility index (Phi) is 5.58. The van der Waals surface area contributed by atoms with Crippen molar-refractivity contribution in [2.45, 2.75) is 19.9 Å². The predicted octanol–water partition coefficient (Wildman–Crippen LogP) is 3.50. The summed E-state index contributed by atoms with van der Waals surface area (Å²) in [5.74, 6) is -0.440. The molecule has 8 heteroatoms. The second kappa shape index (κ2) is 8.46. The van der Waals surface area contributed by atoms with Gasteiger partial charge in [0.1, 0.15) is 0 Å². The zero-order valence-electron chi connectivity index (χ0n) is 16.6. The number of hydrogen-bond donors (Lipinski definition) is 1. The molecule has 0 spiro atoms. The first-order valence-corrected chi connectivity index (χ1v) is 10.2. The Labute approximate surface area is 176 Å². The third kappa shape index (κ3) is 3.95. The number of aliphatic imine (C=N–C) groups is 1. The summed E-state index contributed by atoms with van der Waals surface area (Å²) in [4.78, 5) is 34.3. The molecule has 0 aliphatic heterocycles. The summed E-state index contributed by atoms with van der Waals surface area (Å²) in [6.45, 7) is 2.22. The molecule has 0 unspecified atom stereocenters. The number of H-pyrrole nitrogens is 1. The zero-order valence-corrected chi connectivity index (χ0v) is 17.4. The van der Waals surface area contributed by atoms with Gasteiger partial charge in [-0.3, -0.25) is 19.7 Å². The van der Waals surface area contributed by atoms with E-state index in [2.05, 4.69) is 15.1 Å². The number of carbonyl (C=O) groups is 1. The Morgan fingerprint density at radius 1 is 1.17 bits per heavy atom. The minimum atomic E-state index is -0.440. The van der Waals surface area contributed by atoms with Crippen LogP contribution in [0.1, 0.15) is 23.7 Å². The first-order valence-electron chi connectivity index (χ1n) is 9.39. The molecule has 7 nitrogen and oxygen atoms in total. The number of aromatic amines is 1. The van der Waals surface area contributed by atoms with E-state index in [1.807, 2.05) is 54.6 Å². The quantitative estimate of drug-likeness (QED) is 0.382. The standard InChI is InChI=1S/C22H20N4O3S/c1-14(23-13-15-8-4-3-5-9-15)20-17(12-19(27)29-2)25-26(21(20)28)22-24-16-10-6-7-11-18(16)30-22/h3-11,25H,12-13H2,1-2H3. The molecular formula is C22H20N4O3S. The number of hydrogen-bond acceptors (Lipinski definition) is 6. The minimum absolute atomic E-state index is 0.0584. The highest BCUT2D eigenvalue weighted by Gasteiger charge is 2.21. The lowest BCUT2D eigenvalue weighted by Gasteiger charge is -2.02. The number of thiazole rings is 1. The number of carbonyl (C=O) groups excluding carboxylic acids is 1. The SMILES string of the molecule is COC(=O)Cc1[nH]n(-c2nc3ccccc3s2)c(=O)c1C(C)=NCc1ccccc1. The van der Waals surface area contributed by atoms with Gasteiger partial charge in [0.25, 0.3) is 5.56 Å². The van der Waals surface area contributed by atoms with Gasteiger partial charge in [-0.05, 0) is 24.6 Å². The maximum Gasteiger partial charge on any atom is 0.311 e. The molecule has 0 saturated heterocycles. The fourth-order valence-electron chi connectivity index (χ4n) is 3.16. The number of rotatable bonds is 6. The van der Waals surface area contributed by atoms with Crippen molar-refractivity contribution in [2.75, 3.05) is 7.11 Å². The Morgan fingerprint density at radius 3 is 2.63 bits per heavy atom. The molecule has 2 aromatic carbocycles. The number of aromatic nitrogens is 3. The van der Waals surface area contributed by atoms with E-state index in [0.717, 1.165) is 15.8 Å². The number of ether oxygens (including phenoxy) is 1. The maximum absolute atomic E-state index is 13.3. The van der Waals surface area contributed by atoms with Crippen molar-refractivity contribution in [3.05, 3.63) is 81.8 Å². The molecule has 30 heavy (non-hydrogen) atoms. The summed E-state index contributed by atoms with van der Waals surface area (Å²) in [6.07, 6.45) is -0.0584. The molecule has 0 fully saturated rings. The third-order valence-electron chi connectivity index (χ3n) is 4.69. The lowest BCUT2D eigenvalue weighted by Crippen LogP contribution is -2.20. The molecule has 0 aliphatic carbocycles. The van der Waals surface area contributed by atoms with Gasteiger partial charge in [-0.1, -0.05) is 53.8 Å². The Balaban J connectivity index is 1.77. The van der Waals surface area contributed by atoms with Crippen LogP contribution in [0.15, 0.2) is 64.4 Å². The summed E-state index contributed by atoms with van der Waals surface area (Å²) < 4.78 is 7.14. The fraction of sp³-hybridized carbons (Fsp3) is 0.182. The van der Waals surface area contributed by atoms with Crippen LogP contribution in [0.5, 0.6) is 0 Å². The van der Waals surface area contributed by atoms with Crippen molar-refractivity contribution >= 4 is 33.2 Å². The van der Waals surface area contributed by atoms with E-state index < -0.39 is 5.97 Å². The molecule has 0 atom stereocenters. The average Bonchev–Trinajstić information content (AvgIpc) is 3.33. The molecule has 1 N–H and O–H groups in total. The summed E-state index contributed by atoms with van der Waals surface area (Å²) in [5, 5.41) is 3.55. The van der Waals surface area contributed by atoms with Gasteiger partial charge in [0.15, 0.2) is 0 Å². The Hall–Kier alpha value is -3.52. The topological polar surface area (TPSA) is 89.3 Å². The lowest BCUT2D eigenvalue weighted by molar-refractivity contribution is -0.139. The fourth-order valence-corrected chi connectivity index (χ4v) is 4.09. The van der Waals surface area contributed by atoms with Crippen LogP contribution in [0.2, 0.25) is 0 Å². The number of methoxy groups -OCH3 is 1. The zero-order chi connectivity index (χ0) is 21.1. The smallest absolute Gasteiger partial charge is 0.311 e. The monoisotopic (exact) mass is 420 g/mol. The second-order valence-electron chi connectivity index (χ2n) is 6.71. The maximum atomic E-state index is 13.3. The van der Waals surface area contributed by atoms with Crippen LogP contribution in [-0.2, 0) is 22.5 Å². The molecule has 152 valence electrons. The molecule has 0 saturated carbocycles. The minimum Gasteiger partial charge on any atom is -0.469 e. The third-order valence-corrected chi connectivity index (χ3v) is 5.71. The molecule has 4 aromatic rings. The Morgan fingerprint density at radius 2 is 1.90 bits per heavy atom. The largest absolute Gasteiger partial charge is 0.469 e. The van der Waals surface area contributed by atoms with E-state index in [9.17, 15) is 9.59 Å². The van der Waals surface area contributed by atoms with E-state index in [1.165, 1.54) is 23.1 Å². The van der Waals surface area contributed by atoms with Crippen LogP contribution in [0.4, 0.5) is 0 Å². The van der Waals surface area contributed by atoms with Gasteiger partial charge in [-0.2, -0.15) is 4.68 Å². The average molecular weight is 420 g/mol. The van der Waals surface area contributed by atoms with Crippen molar-refractivity contribution in [3.63, 3.8) is 0 Å². The normalized spacial score (nSPS) is 11.7. The van der Waals surface area contributed by atoms with E-state index in [1.54, 1.807) is 6.92 Å². The summed E-state index contributed by atoms with van der Waals surface area (Å²) >= 11 is 1.40. The highest BCUT2D eigenvalue weighted by Crippen LogP contribution is 2.24. The van der Waals surface area contributed by atoms with Crippen LogP contribution in [-0.4, -0.2) is 33.6 Å². The predicted molar refractivity (Wildman–Crippen MR) is 118 cm³/mol. The Bertz CT molecular complexity index is 1250. The number of esters is 1. The highest BCUT2D eigenvalue weighted by molar-refractivity contribution is 7.20. The first-order chi connectivity index (χ1) is 14.6. The number of benzene rings is 2. The molecule has 0 amide bonds. The second-order valence-corrected chi connectivity index (χ2v) is 7.72. The van der Waals surface area contributed by atoms with Crippen LogP contribution >= 0.6 is 11.3 Å². The van der Waals surface area contributed by atoms with Gasteiger partial charge in [-0.15, -0.1) is 0 Å². The van der Waals surface area contributed by atoms with Gasteiger partial charge < -0.3 is 4.74 Å². The van der Waals surface area contributed by atoms with Gasteiger partial charge in [0.2, 0.25) is 5.13 Å². The summed E-state index contributed by atoms with van der Waals surface area (Å²) in [6, 6.07) is 17.5. The van der Waals surface area contributed by atoms with Crippen LogP contribution in [0.25, 0.3) is 15.3 Å². The number of para-hydroxylation sites is 1. The van der Waals surface area contributed by atoms with Crippen molar-refractivity contribution < 1.29 is 9.53 Å². The molecule has 2 heterocycles. The first kappa shape index (κ1) is 19.8. The number of nitrogens with one attached hydrogen (secondary N) is 1. The van der Waals surface area contributed by atoms with E-state index in [0.29, 0.717) is 28.6 Å². The van der Waals surface area contributed by atoms with E-state index in [4.69, 9.17) is 4.74 Å². The van der Waals surface area contributed by atoms with Gasteiger partial charge >= 0.3 is 5.97 Å². The summed E-state index contributed by atoms with van der Waals surface area (Å²) in [5.41, 5.74) is 2.94. The molecule has 4 rings (SSSR count). The highest BCUT2D eigenvalue weighted by atomic mass is 32.1. The molecule has 0 aliphatic rings. The van der Waals surface area contributed by atoms with Crippen LogP contribution < -0.4 is 5.56 Å². The number of fused-ring (bicyclic) bond motifs is 1. The van der Waals surface area contributed by atoms with Crippen molar-refractivity contribution in [1.29, 1.82) is 0 Å². The molecule has 2 aromatic heterocycles. The molecule has 0 bridgehead atoms. The number of nitrogens with zero attached hydrogens (tertiary/aromatic N) is 3. The van der Waals surface area contributed by atoms with Crippen LogP contribution in [0.3, 0.4) is 0 Å². The van der Waals surface area contributed by atoms with Gasteiger partial charge in [0.05, 0.1) is 41.5 Å². The van der Waals surface area contributed by atoms with E-state index >= 15 is 0 Å². The molecular weight excluding hydrogens is 400 g/mol. The van der Waals surface area contributed by atoms with Crippen molar-refractivity contribution in [1.82, 2.24) is 14.8 Å². The lowest BCUT2D eigenvalue weighted by atomic mass is 10.1. The van der Waals surface area contributed by atoms with Gasteiger partial charge in [-0.25, -0.2) is 4.98 Å². The van der Waals surface area contributed by atoms with Crippen LogP contribution in [0, 0.1) is 0 Å². The van der Waals surface area contributed by atoms with Crippen molar-refractivity contribution in [3.8, 4) is 5.13 Å². The van der Waals surface area contributed by atoms with Crippen molar-refractivity contribution in [2.24, 2.45) is 4.99 Å². The van der Waals surface area contributed by atoms with Gasteiger partial charge in [0, 0.05) is 5.71 Å². The summed E-state index contributed by atoms with van der Waals surface area (Å²) in [7, 11) is 1.32.